The SMILES string of the molecule is CN(CC1CCCN1C)c1ccc(CN)nc1. The quantitative estimate of drug-likeness (QED) is 0.846. The van der Waals surface area contributed by atoms with Gasteiger partial charge in [0.1, 0.15) is 0 Å². The molecule has 0 aliphatic carbocycles. The van der Waals surface area contributed by atoms with E-state index < -0.39 is 0 Å². The number of anilines is 1. The summed E-state index contributed by atoms with van der Waals surface area (Å²) < 4.78 is 0. The summed E-state index contributed by atoms with van der Waals surface area (Å²) in [6.45, 7) is 2.80. The lowest BCUT2D eigenvalue weighted by Gasteiger charge is -2.27. The van der Waals surface area contributed by atoms with Crippen LogP contribution in [0.4, 0.5) is 5.69 Å². The molecule has 1 unspecified atom stereocenters. The first kappa shape index (κ1) is 12.3. The van der Waals surface area contributed by atoms with Gasteiger partial charge in [-0.3, -0.25) is 4.98 Å². The molecular formula is C13H22N4. The summed E-state index contributed by atoms with van der Waals surface area (Å²) in [7, 11) is 4.34. The lowest BCUT2D eigenvalue weighted by molar-refractivity contribution is 0.314. The summed E-state index contributed by atoms with van der Waals surface area (Å²) in [6.07, 6.45) is 4.53. The normalized spacial score (nSPS) is 20.8. The Morgan fingerprint density at radius 2 is 2.35 bits per heavy atom. The standard InChI is InChI=1S/C13H22N4/c1-16-7-3-4-13(16)10-17(2)12-6-5-11(8-14)15-9-12/h5-6,9,13H,3-4,7-8,10,14H2,1-2H3. The van der Waals surface area contributed by atoms with E-state index in [4.69, 9.17) is 5.73 Å². The maximum absolute atomic E-state index is 5.54. The first-order valence-electron chi connectivity index (χ1n) is 6.27. The zero-order chi connectivity index (χ0) is 12.3. The molecule has 2 N–H and O–H groups in total. The van der Waals surface area contributed by atoms with Gasteiger partial charge in [-0.15, -0.1) is 0 Å². The van der Waals surface area contributed by atoms with E-state index in [2.05, 4.69) is 34.9 Å². The Morgan fingerprint density at radius 1 is 1.53 bits per heavy atom. The van der Waals surface area contributed by atoms with E-state index in [-0.39, 0.29) is 0 Å². The third kappa shape index (κ3) is 2.96. The van der Waals surface area contributed by atoms with Gasteiger partial charge in [-0.25, -0.2) is 0 Å². The predicted molar refractivity (Wildman–Crippen MR) is 71.1 cm³/mol. The van der Waals surface area contributed by atoms with Gasteiger partial charge in [-0.05, 0) is 38.6 Å². The second-order valence-electron chi connectivity index (χ2n) is 4.87. The van der Waals surface area contributed by atoms with Crippen LogP contribution in [0.25, 0.3) is 0 Å². The van der Waals surface area contributed by atoms with Crippen molar-refractivity contribution in [3.8, 4) is 0 Å². The molecule has 1 aromatic heterocycles. The molecule has 1 fully saturated rings. The van der Waals surface area contributed by atoms with Gasteiger partial charge in [0.15, 0.2) is 0 Å². The van der Waals surface area contributed by atoms with Crippen LogP contribution < -0.4 is 10.6 Å². The molecule has 94 valence electrons. The summed E-state index contributed by atoms with van der Waals surface area (Å²) >= 11 is 0. The Kier molecular flexibility index (Phi) is 3.97. The summed E-state index contributed by atoms with van der Waals surface area (Å²) in [6, 6.07) is 4.78. The molecule has 1 atom stereocenters. The van der Waals surface area contributed by atoms with E-state index in [1.165, 1.54) is 25.1 Å². The van der Waals surface area contributed by atoms with Crippen molar-refractivity contribution in [2.45, 2.75) is 25.4 Å². The van der Waals surface area contributed by atoms with Crippen molar-refractivity contribution in [3.63, 3.8) is 0 Å². The second-order valence-corrected chi connectivity index (χ2v) is 4.87. The number of pyridine rings is 1. The summed E-state index contributed by atoms with van der Waals surface area (Å²) in [5.74, 6) is 0. The molecule has 1 aliphatic rings. The van der Waals surface area contributed by atoms with Crippen LogP contribution in [0.15, 0.2) is 18.3 Å². The van der Waals surface area contributed by atoms with Crippen LogP contribution in [0.2, 0.25) is 0 Å². The Morgan fingerprint density at radius 3 is 2.88 bits per heavy atom. The highest BCUT2D eigenvalue weighted by molar-refractivity contribution is 5.43. The van der Waals surface area contributed by atoms with Gasteiger partial charge in [-0.2, -0.15) is 0 Å². The number of hydrogen-bond acceptors (Lipinski definition) is 4. The summed E-state index contributed by atoms with van der Waals surface area (Å²) in [4.78, 5) is 9.05. The monoisotopic (exact) mass is 234 g/mol. The molecule has 4 heteroatoms. The molecule has 0 amide bonds. The molecule has 0 saturated carbocycles. The number of rotatable bonds is 4. The summed E-state index contributed by atoms with van der Waals surface area (Å²) in [5.41, 5.74) is 7.66. The maximum Gasteiger partial charge on any atom is 0.0550 e. The van der Waals surface area contributed by atoms with Crippen molar-refractivity contribution in [1.82, 2.24) is 9.88 Å². The molecule has 4 nitrogen and oxygen atoms in total. The minimum absolute atomic E-state index is 0.509. The fraction of sp³-hybridized carbons (Fsp3) is 0.615. The van der Waals surface area contributed by atoms with Crippen LogP contribution in [0.3, 0.4) is 0 Å². The first-order valence-corrected chi connectivity index (χ1v) is 6.27. The lowest BCUT2D eigenvalue weighted by Crippen LogP contribution is -2.36. The second kappa shape index (κ2) is 5.47. The molecular weight excluding hydrogens is 212 g/mol. The van der Waals surface area contributed by atoms with Crippen molar-refractivity contribution in [2.75, 3.05) is 32.1 Å². The largest absolute Gasteiger partial charge is 0.372 e. The molecule has 0 bridgehead atoms. The highest BCUT2D eigenvalue weighted by Gasteiger charge is 2.22. The zero-order valence-electron chi connectivity index (χ0n) is 10.8. The molecule has 0 aromatic carbocycles. The Hall–Kier alpha value is -1.13. The number of nitrogens with two attached hydrogens (primary N) is 1. The highest BCUT2D eigenvalue weighted by Crippen LogP contribution is 2.18. The van der Waals surface area contributed by atoms with Crippen molar-refractivity contribution >= 4 is 5.69 Å². The number of likely N-dealkylation sites (tertiary alicyclic amines) is 1. The van der Waals surface area contributed by atoms with E-state index >= 15 is 0 Å². The molecule has 0 spiro atoms. The Labute approximate surface area is 103 Å². The predicted octanol–water partition coefficient (Wildman–Crippen LogP) is 1.07. The van der Waals surface area contributed by atoms with Crippen molar-refractivity contribution in [2.24, 2.45) is 5.73 Å². The minimum atomic E-state index is 0.509. The average Bonchev–Trinajstić information content (AvgIpc) is 2.75. The van der Waals surface area contributed by atoms with Crippen LogP contribution in [0.1, 0.15) is 18.5 Å². The van der Waals surface area contributed by atoms with Crippen LogP contribution >= 0.6 is 0 Å². The van der Waals surface area contributed by atoms with Gasteiger partial charge in [-0.1, -0.05) is 0 Å². The van der Waals surface area contributed by atoms with Gasteiger partial charge < -0.3 is 15.5 Å². The smallest absolute Gasteiger partial charge is 0.0550 e. The van der Waals surface area contributed by atoms with Crippen molar-refractivity contribution < 1.29 is 0 Å². The molecule has 1 aromatic rings. The third-order valence-corrected chi connectivity index (χ3v) is 3.62. The topological polar surface area (TPSA) is 45.4 Å². The van der Waals surface area contributed by atoms with Gasteiger partial charge in [0, 0.05) is 26.2 Å². The van der Waals surface area contributed by atoms with E-state index in [9.17, 15) is 0 Å². The van der Waals surface area contributed by atoms with E-state index in [1.807, 2.05) is 12.3 Å². The van der Waals surface area contributed by atoms with Gasteiger partial charge in [0.2, 0.25) is 0 Å². The number of aromatic nitrogens is 1. The maximum atomic E-state index is 5.54. The van der Waals surface area contributed by atoms with E-state index in [1.54, 1.807) is 0 Å². The third-order valence-electron chi connectivity index (χ3n) is 3.62. The van der Waals surface area contributed by atoms with Gasteiger partial charge in [0.05, 0.1) is 17.6 Å². The Balaban J connectivity index is 1.96. The molecule has 2 heterocycles. The number of likely N-dealkylation sites (N-methyl/N-ethyl adjacent to an activating group) is 2. The van der Waals surface area contributed by atoms with Crippen LogP contribution in [0, 0.1) is 0 Å². The zero-order valence-corrected chi connectivity index (χ0v) is 10.8. The lowest BCUT2D eigenvalue weighted by atomic mass is 10.2. The molecule has 1 aliphatic heterocycles. The van der Waals surface area contributed by atoms with Gasteiger partial charge >= 0.3 is 0 Å². The van der Waals surface area contributed by atoms with Gasteiger partial charge in [0.25, 0.3) is 0 Å². The Bertz CT molecular complexity index is 349. The van der Waals surface area contributed by atoms with Crippen LogP contribution in [-0.4, -0.2) is 43.1 Å². The fourth-order valence-corrected chi connectivity index (χ4v) is 2.39. The highest BCUT2D eigenvalue weighted by atomic mass is 15.2. The van der Waals surface area contributed by atoms with E-state index in [0.717, 1.165) is 12.2 Å². The van der Waals surface area contributed by atoms with Crippen LogP contribution in [-0.2, 0) is 6.54 Å². The number of hydrogen-bond donors (Lipinski definition) is 1. The van der Waals surface area contributed by atoms with Crippen LogP contribution in [0.5, 0.6) is 0 Å². The molecule has 1 saturated heterocycles. The number of nitrogens with zero attached hydrogens (tertiary/aromatic N) is 3. The minimum Gasteiger partial charge on any atom is -0.372 e. The molecule has 0 radical (unpaired) electrons. The first-order chi connectivity index (χ1) is 8.20. The molecule has 2 rings (SSSR count). The average molecular weight is 234 g/mol. The molecule has 17 heavy (non-hydrogen) atoms. The van der Waals surface area contributed by atoms with Crippen molar-refractivity contribution in [3.05, 3.63) is 24.0 Å². The van der Waals surface area contributed by atoms with Crippen molar-refractivity contribution in [1.29, 1.82) is 0 Å². The van der Waals surface area contributed by atoms with E-state index in [0.29, 0.717) is 12.6 Å². The fourth-order valence-electron chi connectivity index (χ4n) is 2.39. The summed E-state index contributed by atoms with van der Waals surface area (Å²) in [5, 5.41) is 0.